The molecule has 0 aliphatic heterocycles. The van der Waals surface area contributed by atoms with Crippen LogP contribution in [-0.4, -0.2) is 16.5 Å². The van der Waals surface area contributed by atoms with Crippen molar-refractivity contribution in [3.05, 3.63) is 29.6 Å². The summed E-state index contributed by atoms with van der Waals surface area (Å²) in [5.74, 6) is -1.05. The van der Waals surface area contributed by atoms with Crippen LogP contribution < -0.4 is 5.73 Å². The Hall–Kier alpha value is -1.49. The fourth-order valence-corrected chi connectivity index (χ4v) is 2.23. The normalized spacial score (nSPS) is 12.3. The topological polar surface area (TPSA) is 54.7 Å². The zero-order valence-corrected chi connectivity index (χ0v) is 10.6. The molecule has 0 saturated carbocycles. The monoisotopic (exact) mass is 253 g/mol. The number of hydrogen-bond acceptors (Lipinski definition) is 2. The molecule has 0 bridgehead atoms. The Bertz CT molecular complexity index is 511. The van der Waals surface area contributed by atoms with Gasteiger partial charge in [0.1, 0.15) is 5.82 Å². The van der Waals surface area contributed by atoms with E-state index in [0.29, 0.717) is 23.4 Å². The third kappa shape index (κ3) is 1.88. The van der Waals surface area contributed by atoms with Crippen LogP contribution >= 0.6 is 0 Å². The lowest BCUT2D eigenvalue weighted by Gasteiger charge is -2.27. The summed E-state index contributed by atoms with van der Waals surface area (Å²) in [6, 6.07) is 2.24. The molecule has 0 aliphatic rings. The van der Waals surface area contributed by atoms with Crippen molar-refractivity contribution >= 4 is 11.0 Å². The van der Waals surface area contributed by atoms with E-state index in [1.165, 1.54) is 0 Å². The molecule has 98 valence electrons. The number of benzene rings is 1. The van der Waals surface area contributed by atoms with Crippen molar-refractivity contribution in [2.24, 2.45) is 5.73 Å². The highest BCUT2D eigenvalue weighted by atomic mass is 19.2. The Kier molecular flexibility index (Phi) is 3.34. The molecule has 0 radical (unpaired) electrons. The fourth-order valence-electron chi connectivity index (χ4n) is 2.23. The lowest BCUT2D eigenvalue weighted by molar-refractivity contribution is 0.387. The average molecular weight is 253 g/mol. The Morgan fingerprint density at radius 2 is 1.83 bits per heavy atom. The van der Waals surface area contributed by atoms with Crippen LogP contribution in [0.3, 0.4) is 0 Å². The van der Waals surface area contributed by atoms with Gasteiger partial charge in [-0.3, -0.25) is 0 Å². The third-order valence-electron chi connectivity index (χ3n) is 3.77. The number of rotatable bonds is 4. The predicted molar refractivity (Wildman–Crippen MR) is 67.3 cm³/mol. The number of H-pyrrole nitrogens is 1. The number of nitrogens with one attached hydrogen (secondary N) is 1. The Morgan fingerprint density at radius 3 is 2.39 bits per heavy atom. The van der Waals surface area contributed by atoms with E-state index >= 15 is 0 Å². The van der Waals surface area contributed by atoms with Crippen molar-refractivity contribution in [1.29, 1.82) is 0 Å². The second kappa shape index (κ2) is 4.65. The molecule has 2 rings (SSSR count). The van der Waals surface area contributed by atoms with Crippen molar-refractivity contribution in [3.8, 4) is 0 Å². The number of nitrogens with two attached hydrogens (primary N) is 1. The number of nitrogens with zero attached hydrogens (tertiary/aromatic N) is 1. The van der Waals surface area contributed by atoms with Crippen molar-refractivity contribution in [3.63, 3.8) is 0 Å². The molecule has 0 spiro atoms. The first-order valence-corrected chi connectivity index (χ1v) is 6.11. The van der Waals surface area contributed by atoms with E-state index in [-0.39, 0.29) is 5.41 Å². The molecule has 0 unspecified atom stereocenters. The van der Waals surface area contributed by atoms with E-state index in [1.54, 1.807) is 0 Å². The average Bonchev–Trinajstić information content (AvgIpc) is 2.76. The molecule has 1 heterocycles. The molecule has 0 aliphatic carbocycles. The highest BCUT2D eigenvalue weighted by Gasteiger charge is 2.30. The van der Waals surface area contributed by atoms with Gasteiger partial charge in [-0.2, -0.15) is 0 Å². The van der Waals surface area contributed by atoms with Gasteiger partial charge in [-0.05, 0) is 12.8 Å². The number of aromatic amines is 1. The number of hydrogen-bond donors (Lipinski definition) is 2. The number of fused-ring (bicyclic) bond motifs is 1. The predicted octanol–water partition coefficient (Wildman–Crippen LogP) is 2.86. The first kappa shape index (κ1) is 13.0. The lowest BCUT2D eigenvalue weighted by Crippen LogP contribution is -2.35. The van der Waals surface area contributed by atoms with E-state index in [1.807, 2.05) is 13.8 Å². The Labute approximate surface area is 104 Å². The third-order valence-corrected chi connectivity index (χ3v) is 3.77. The molecule has 0 atom stereocenters. The molecule has 1 aromatic heterocycles. The first-order valence-electron chi connectivity index (χ1n) is 6.11. The van der Waals surface area contributed by atoms with Crippen molar-refractivity contribution in [2.75, 3.05) is 6.54 Å². The Balaban J connectivity index is 2.59. The zero-order valence-electron chi connectivity index (χ0n) is 10.6. The van der Waals surface area contributed by atoms with Gasteiger partial charge in [-0.1, -0.05) is 13.8 Å². The summed E-state index contributed by atoms with van der Waals surface area (Å²) < 4.78 is 26.3. The largest absolute Gasteiger partial charge is 0.341 e. The molecule has 5 heteroatoms. The lowest BCUT2D eigenvalue weighted by atomic mass is 9.82. The van der Waals surface area contributed by atoms with Crippen LogP contribution in [0, 0.1) is 11.6 Å². The minimum absolute atomic E-state index is 0.258. The molecular formula is C13H17F2N3. The fraction of sp³-hybridized carbons (Fsp3) is 0.462. The highest BCUT2D eigenvalue weighted by Crippen LogP contribution is 2.30. The van der Waals surface area contributed by atoms with Crippen LogP contribution in [0.1, 0.15) is 32.5 Å². The van der Waals surface area contributed by atoms with Gasteiger partial charge in [-0.15, -0.1) is 0 Å². The summed E-state index contributed by atoms with van der Waals surface area (Å²) in [5, 5.41) is 0. The Morgan fingerprint density at radius 1 is 1.22 bits per heavy atom. The molecule has 0 fully saturated rings. The van der Waals surface area contributed by atoms with Crippen molar-refractivity contribution < 1.29 is 8.78 Å². The van der Waals surface area contributed by atoms with Gasteiger partial charge in [0.2, 0.25) is 0 Å². The van der Waals surface area contributed by atoms with Gasteiger partial charge in [-0.25, -0.2) is 13.8 Å². The molecule has 18 heavy (non-hydrogen) atoms. The summed E-state index contributed by atoms with van der Waals surface area (Å²) in [4.78, 5) is 7.42. The second-order valence-corrected chi connectivity index (χ2v) is 4.56. The van der Waals surface area contributed by atoms with Gasteiger partial charge < -0.3 is 10.7 Å². The molecular weight excluding hydrogens is 236 g/mol. The standard InChI is InChI=1S/C13H17F2N3/c1-3-13(4-2,7-16)12-17-10-5-8(14)9(15)6-11(10)18-12/h5-6H,3-4,7,16H2,1-2H3,(H,17,18). The maximum atomic E-state index is 13.2. The van der Waals surface area contributed by atoms with E-state index in [4.69, 9.17) is 5.73 Å². The summed E-state index contributed by atoms with van der Waals surface area (Å²) in [6.45, 7) is 4.51. The minimum Gasteiger partial charge on any atom is -0.341 e. The van der Waals surface area contributed by atoms with Crippen molar-refractivity contribution in [2.45, 2.75) is 32.1 Å². The van der Waals surface area contributed by atoms with Crippen LogP contribution in [0.15, 0.2) is 12.1 Å². The van der Waals surface area contributed by atoms with E-state index in [9.17, 15) is 8.78 Å². The molecule has 2 aromatic rings. The first-order chi connectivity index (χ1) is 8.56. The highest BCUT2D eigenvalue weighted by molar-refractivity contribution is 5.75. The minimum atomic E-state index is -0.883. The maximum absolute atomic E-state index is 13.2. The van der Waals surface area contributed by atoms with Crippen LogP contribution in [0.4, 0.5) is 8.78 Å². The summed E-state index contributed by atoms with van der Waals surface area (Å²) in [5.41, 5.74) is 6.51. The molecule has 0 saturated heterocycles. The smallest absolute Gasteiger partial charge is 0.161 e. The SMILES string of the molecule is CCC(CC)(CN)c1nc2cc(F)c(F)cc2[nH]1. The van der Waals surface area contributed by atoms with Gasteiger partial charge in [0.25, 0.3) is 0 Å². The van der Waals surface area contributed by atoms with Crippen molar-refractivity contribution in [1.82, 2.24) is 9.97 Å². The molecule has 3 nitrogen and oxygen atoms in total. The quantitative estimate of drug-likeness (QED) is 0.880. The van der Waals surface area contributed by atoms with Crippen LogP contribution in [0.2, 0.25) is 0 Å². The van der Waals surface area contributed by atoms with Gasteiger partial charge >= 0.3 is 0 Å². The second-order valence-electron chi connectivity index (χ2n) is 4.56. The summed E-state index contributed by atoms with van der Waals surface area (Å²) in [7, 11) is 0. The molecule has 1 aromatic carbocycles. The number of imidazole rings is 1. The van der Waals surface area contributed by atoms with E-state index < -0.39 is 11.6 Å². The maximum Gasteiger partial charge on any atom is 0.161 e. The van der Waals surface area contributed by atoms with Crippen LogP contribution in [0.5, 0.6) is 0 Å². The summed E-state index contributed by atoms with van der Waals surface area (Å²) >= 11 is 0. The van der Waals surface area contributed by atoms with E-state index in [2.05, 4.69) is 9.97 Å². The molecule has 3 N–H and O–H groups in total. The van der Waals surface area contributed by atoms with Crippen LogP contribution in [0.25, 0.3) is 11.0 Å². The van der Waals surface area contributed by atoms with E-state index in [0.717, 1.165) is 25.0 Å². The van der Waals surface area contributed by atoms with Crippen LogP contribution in [-0.2, 0) is 5.41 Å². The zero-order chi connectivity index (χ0) is 13.3. The number of halogens is 2. The summed E-state index contributed by atoms with van der Waals surface area (Å²) in [6.07, 6.45) is 1.65. The van der Waals surface area contributed by atoms with Gasteiger partial charge in [0.05, 0.1) is 11.0 Å². The van der Waals surface area contributed by atoms with Gasteiger partial charge in [0, 0.05) is 24.1 Å². The molecule has 0 amide bonds. The van der Waals surface area contributed by atoms with Gasteiger partial charge in [0.15, 0.2) is 11.6 Å². The number of aromatic nitrogens is 2.